The first kappa shape index (κ1) is 20.8. The Kier molecular flexibility index (Phi) is 5.91. The predicted molar refractivity (Wildman–Crippen MR) is 96.6 cm³/mol. The molecule has 0 radical (unpaired) electrons. The van der Waals surface area contributed by atoms with Gasteiger partial charge in [0.15, 0.2) is 14.6 Å². The fourth-order valence-electron chi connectivity index (χ4n) is 2.77. The van der Waals surface area contributed by atoms with Crippen LogP contribution >= 0.6 is 0 Å². The number of nitrogens with zero attached hydrogens (tertiary/aromatic N) is 1. The highest BCUT2D eigenvalue weighted by atomic mass is 32.2. The summed E-state index contributed by atoms with van der Waals surface area (Å²) in [5.74, 6) is -1.51. The Morgan fingerprint density at radius 3 is 2.52 bits per heavy atom. The number of cyclic esters (lactones) is 1. The summed E-state index contributed by atoms with van der Waals surface area (Å²) >= 11 is 0. The van der Waals surface area contributed by atoms with E-state index in [0.717, 1.165) is 13.2 Å². The number of benzene rings is 1. The molecule has 0 aliphatic carbocycles. The average Bonchev–Trinajstić information content (AvgIpc) is 2.99. The van der Waals surface area contributed by atoms with Crippen molar-refractivity contribution in [3.63, 3.8) is 0 Å². The van der Waals surface area contributed by atoms with Crippen molar-refractivity contribution in [2.75, 3.05) is 17.7 Å². The third-order valence-electron chi connectivity index (χ3n) is 4.60. The van der Waals surface area contributed by atoms with E-state index in [9.17, 15) is 22.4 Å². The minimum atomic E-state index is -3.91. The molecule has 148 valence electrons. The molecular weight excluding hydrogens is 379 g/mol. The summed E-state index contributed by atoms with van der Waals surface area (Å²) in [7, 11) is -3.91. The van der Waals surface area contributed by atoms with Crippen LogP contribution in [0.4, 0.5) is 14.9 Å². The number of nitrogens with one attached hydrogen (secondary N) is 1. The molecule has 0 spiro atoms. The Bertz CT molecular complexity index is 868. The zero-order valence-corrected chi connectivity index (χ0v) is 15.9. The SMILES string of the molecule is CC=C(F)c1ccc(N2CC(CC(C)(C(=O)NO)S(C)(=O)=O)OC2=O)cc1. The third-order valence-corrected chi connectivity index (χ3v) is 6.59. The van der Waals surface area contributed by atoms with Crippen molar-refractivity contribution < 1.29 is 32.3 Å². The second-order valence-electron chi connectivity index (χ2n) is 6.45. The number of hydrogen-bond donors (Lipinski definition) is 2. The van der Waals surface area contributed by atoms with Crippen LogP contribution in [0.3, 0.4) is 0 Å². The molecule has 2 rings (SSSR count). The monoisotopic (exact) mass is 400 g/mol. The first-order valence-electron chi connectivity index (χ1n) is 8.08. The summed E-state index contributed by atoms with van der Waals surface area (Å²) in [6, 6.07) is 6.09. The minimum Gasteiger partial charge on any atom is -0.444 e. The fraction of sp³-hybridized carbons (Fsp3) is 0.412. The number of amides is 2. The molecule has 1 saturated heterocycles. The molecule has 8 nitrogen and oxygen atoms in total. The lowest BCUT2D eigenvalue weighted by Crippen LogP contribution is -2.51. The van der Waals surface area contributed by atoms with Crippen molar-refractivity contribution >= 4 is 33.4 Å². The van der Waals surface area contributed by atoms with Crippen molar-refractivity contribution in [1.29, 1.82) is 0 Å². The zero-order chi connectivity index (χ0) is 20.4. The molecule has 0 saturated carbocycles. The van der Waals surface area contributed by atoms with Gasteiger partial charge in [-0.25, -0.2) is 23.1 Å². The molecule has 2 unspecified atom stereocenters. The van der Waals surface area contributed by atoms with E-state index in [4.69, 9.17) is 9.94 Å². The molecular formula is C17H21FN2O6S. The standard InChI is InChI=1S/C17H21FN2O6S/c1-4-14(18)11-5-7-12(8-6-11)20-10-13(26-16(20)22)9-17(2,15(21)19-23)27(3,24)25/h4-8,13,23H,9-10H2,1-3H3,(H,19,21). The van der Waals surface area contributed by atoms with E-state index < -0.39 is 38.5 Å². The summed E-state index contributed by atoms with van der Waals surface area (Å²) in [4.78, 5) is 25.3. The maximum Gasteiger partial charge on any atom is 0.414 e. The Hall–Kier alpha value is -2.46. The van der Waals surface area contributed by atoms with Gasteiger partial charge in [-0.05, 0) is 38.1 Å². The highest BCUT2D eigenvalue weighted by Gasteiger charge is 2.48. The largest absolute Gasteiger partial charge is 0.444 e. The molecule has 27 heavy (non-hydrogen) atoms. The van der Waals surface area contributed by atoms with Gasteiger partial charge < -0.3 is 4.74 Å². The average molecular weight is 400 g/mol. The molecule has 2 N–H and O–H groups in total. The van der Waals surface area contributed by atoms with Gasteiger partial charge in [-0.2, -0.15) is 0 Å². The Labute approximate surface area is 156 Å². The van der Waals surface area contributed by atoms with Gasteiger partial charge in [0.1, 0.15) is 11.9 Å². The summed E-state index contributed by atoms with van der Waals surface area (Å²) in [6.07, 6.45) is 0.255. The molecule has 0 aromatic heterocycles. The second kappa shape index (κ2) is 7.65. The lowest BCUT2D eigenvalue weighted by molar-refractivity contribution is -0.132. The van der Waals surface area contributed by atoms with E-state index in [0.29, 0.717) is 11.3 Å². The molecule has 2 amide bonds. The van der Waals surface area contributed by atoms with Gasteiger partial charge in [0.25, 0.3) is 5.91 Å². The van der Waals surface area contributed by atoms with Gasteiger partial charge >= 0.3 is 6.09 Å². The Balaban J connectivity index is 2.21. The summed E-state index contributed by atoms with van der Waals surface area (Å²) < 4.78 is 40.9. The van der Waals surface area contributed by atoms with Crippen LogP contribution in [-0.2, 0) is 19.4 Å². The van der Waals surface area contributed by atoms with Crippen LogP contribution in [0.5, 0.6) is 0 Å². The second-order valence-corrected chi connectivity index (χ2v) is 8.89. The number of hydrogen-bond acceptors (Lipinski definition) is 6. The van der Waals surface area contributed by atoms with Gasteiger partial charge in [0.2, 0.25) is 0 Å². The van der Waals surface area contributed by atoms with Gasteiger partial charge in [-0.3, -0.25) is 14.9 Å². The van der Waals surface area contributed by atoms with E-state index in [1.807, 2.05) is 0 Å². The predicted octanol–water partition coefficient (Wildman–Crippen LogP) is 2.04. The van der Waals surface area contributed by atoms with Gasteiger partial charge in [-0.1, -0.05) is 6.08 Å². The molecule has 1 aliphatic rings. The lowest BCUT2D eigenvalue weighted by Gasteiger charge is -2.26. The summed E-state index contributed by atoms with van der Waals surface area (Å²) in [6.45, 7) is 2.72. The van der Waals surface area contributed by atoms with Gasteiger partial charge in [0.05, 0.1) is 6.54 Å². The van der Waals surface area contributed by atoms with E-state index in [1.54, 1.807) is 6.92 Å². The van der Waals surface area contributed by atoms with E-state index in [-0.39, 0.29) is 13.0 Å². The molecule has 1 aromatic rings. The van der Waals surface area contributed by atoms with Crippen LogP contribution < -0.4 is 10.4 Å². The number of carbonyl (C=O) groups is 2. The highest BCUT2D eigenvalue weighted by molar-refractivity contribution is 7.92. The number of rotatable bonds is 6. The molecule has 2 atom stereocenters. The third kappa shape index (κ3) is 4.11. The number of halogens is 1. The fourth-order valence-corrected chi connectivity index (χ4v) is 3.64. The Morgan fingerprint density at radius 1 is 1.44 bits per heavy atom. The topological polar surface area (TPSA) is 113 Å². The minimum absolute atomic E-state index is 0.00803. The first-order chi connectivity index (χ1) is 12.5. The van der Waals surface area contributed by atoms with E-state index >= 15 is 0 Å². The van der Waals surface area contributed by atoms with Gasteiger partial charge in [0, 0.05) is 23.9 Å². The molecule has 10 heteroatoms. The lowest BCUT2D eigenvalue weighted by atomic mass is 10.0. The summed E-state index contributed by atoms with van der Waals surface area (Å²) in [5.41, 5.74) is 2.15. The van der Waals surface area contributed by atoms with Crippen LogP contribution in [0.2, 0.25) is 0 Å². The van der Waals surface area contributed by atoms with Gasteiger partial charge in [-0.15, -0.1) is 0 Å². The van der Waals surface area contributed by atoms with Crippen LogP contribution in [-0.4, -0.2) is 49.3 Å². The number of sulfone groups is 1. The molecule has 1 fully saturated rings. The van der Waals surface area contributed by atoms with Crippen molar-refractivity contribution in [2.24, 2.45) is 0 Å². The first-order valence-corrected chi connectivity index (χ1v) is 9.97. The number of hydroxylamine groups is 1. The maximum atomic E-state index is 13.6. The molecule has 1 aliphatic heterocycles. The maximum absolute atomic E-state index is 13.6. The molecule has 0 bridgehead atoms. The van der Waals surface area contributed by atoms with Crippen LogP contribution in [0.25, 0.3) is 5.83 Å². The van der Waals surface area contributed by atoms with Crippen LogP contribution in [0.1, 0.15) is 25.8 Å². The van der Waals surface area contributed by atoms with Crippen molar-refractivity contribution in [1.82, 2.24) is 5.48 Å². The Morgan fingerprint density at radius 2 is 2.04 bits per heavy atom. The smallest absolute Gasteiger partial charge is 0.414 e. The molecule has 1 aromatic carbocycles. The number of allylic oxidation sites excluding steroid dienone is 1. The number of ether oxygens (including phenoxy) is 1. The normalized spacial score (nSPS) is 20.2. The summed E-state index contributed by atoms with van der Waals surface area (Å²) in [5, 5.41) is 8.86. The van der Waals surface area contributed by atoms with Crippen LogP contribution in [0.15, 0.2) is 30.3 Å². The molecule has 1 heterocycles. The van der Waals surface area contributed by atoms with E-state index in [1.165, 1.54) is 40.7 Å². The van der Waals surface area contributed by atoms with Crippen molar-refractivity contribution in [2.45, 2.75) is 31.1 Å². The zero-order valence-electron chi connectivity index (χ0n) is 15.1. The number of carbonyl (C=O) groups excluding carboxylic acids is 2. The number of anilines is 1. The highest BCUT2D eigenvalue weighted by Crippen LogP contribution is 2.30. The van der Waals surface area contributed by atoms with E-state index in [2.05, 4.69) is 0 Å². The quantitative estimate of drug-likeness (QED) is 0.558. The van der Waals surface area contributed by atoms with Crippen molar-refractivity contribution in [3.8, 4) is 0 Å². The van der Waals surface area contributed by atoms with Crippen molar-refractivity contribution in [3.05, 3.63) is 35.9 Å². The van der Waals surface area contributed by atoms with Crippen LogP contribution in [0, 0.1) is 0 Å².